The smallest absolute Gasteiger partial charge is 0.225 e. The van der Waals surface area contributed by atoms with Gasteiger partial charge in [0.1, 0.15) is 0 Å². The first-order valence-corrected chi connectivity index (χ1v) is 9.84. The minimum Gasteiger partial charge on any atom is -0.341 e. The SMILES string of the molecule is O=C(CCc1ccccc1)N1CCCN(C(=O)C2CCCCC2)CC1. The monoisotopic (exact) mass is 342 g/mol. The van der Waals surface area contributed by atoms with Gasteiger partial charge in [0.2, 0.25) is 11.8 Å². The van der Waals surface area contributed by atoms with Gasteiger partial charge in [-0.05, 0) is 31.2 Å². The third-order valence-electron chi connectivity index (χ3n) is 5.59. The number of hydrogen-bond donors (Lipinski definition) is 0. The molecule has 1 aromatic rings. The number of aryl methyl sites for hydroxylation is 1. The van der Waals surface area contributed by atoms with Gasteiger partial charge in [0, 0.05) is 38.5 Å². The second kappa shape index (κ2) is 9.02. The number of carbonyl (C=O) groups is 2. The van der Waals surface area contributed by atoms with E-state index in [1.165, 1.54) is 24.8 Å². The summed E-state index contributed by atoms with van der Waals surface area (Å²) < 4.78 is 0. The van der Waals surface area contributed by atoms with Crippen LogP contribution < -0.4 is 0 Å². The molecular formula is C21H30N2O2. The van der Waals surface area contributed by atoms with Crippen molar-refractivity contribution in [2.45, 2.75) is 51.4 Å². The number of nitrogens with zero attached hydrogens (tertiary/aromatic N) is 2. The number of benzene rings is 1. The molecule has 0 aromatic heterocycles. The molecule has 1 saturated heterocycles. The Morgan fingerprint density at radius 2 is 1.52 bits per heavy atom. The van der Waals surface area contributed by atoms with Crippen LogP contribution in [0.4, 0.5) is 0 Å². The number of rotatable bonds is 4. The van der Waals surface area contributed by atoms with Crippen LogP contribution in [-0.2, 0) is 16.0 Å². The van der Waals surface area contributed by atoms with Gasteiger partial charge >= 0.3 is 0 Å². The van der Waals surface area contributed by atoms with Crippen molar-refractivity contribution in [3.05, 3.63) is 35.9 Å². The molecule has 2 amide bonds. The summed E-state index contributed by atoms with van der Waals surface area (Å²) in [5, 5.41) is 0. The Morgan fingerprint density at radius 3 is 2.28 bits per heavy atom. The fourth-order valence-electron chi connectivity index (χ4n) is 4.05. The molecule has 1 saturated carbocycles. The third-order valence-corrected chi connectivity index (χ3v) is 5.59. The molecule has 1 aliphatic heterocycles. The highest BCUT2D eigenvalue weighted by atomic mass is 16.2. The Morgan fingerprint density at radius 1 is 0.840 bits per heavy atom. The highest BCUT2D eigenvalue weighted by molar-refractivity contribution is 5.79. The van der Waals surface area contributed by atoms with E-state index >= 15 is 0 Å². The molecule has 0 atom stereocenters. The molecule has 25 heavy (non-hydrogen) atoms. The van der Waals surface area contributed by atoms with Gasteiger partial charge in [0.15, 0.2) is 0 Å². The standard InChI is InChI=1S/C21H30N2O2/c24-20(13-12-18-8-3-1-4-9-18)22-14-7-15-23(17-16-22)21(25)19-10-5-2-6-11-19/h1,3-4,8-9,19H,2,5-7,10-17H2. The highest BCUT2D eigenvalue weighted by Gasteiger charge is 2.28. The molecular weight excluding hydrogens is 312 g/mol. The third kappa shape index (κ3) is 5.07. The van der Waals surface area contributed by atoms with E-state index in [1.54, 1.807) is 0 Å². The number of hydrogen-bond acceptors (Lipinski definition) is 2. The van der Waals surface area contributed by atoms with Crippen LogP contribution in [0.1, 0.15) is 50.5 Å². The van der Waals surface area contributed by atoms with Gasteiger partial charge < -0.3 is 9.80 Å². The van der Waals surface area contributed by atoms with Crippen molar-refractivity contribution in [2.24, 2.45) is 5.92 Å². The molecule has 2 aliphatic rings. The van der Waals surface area contributed by atoms with Crippen molar-refractivity contribution in [2.75, 3.05) is 26.2 Å². The molecule has 3 rings (SSSR count). The second-order valence-corrected chi connectivity index (χ2v) is 7.38. The highest BCUT2D eigenvalue weighted by Crippen LogP contribution is 2.25. The van der Waals surface area contributed by atoms with Gasteiger partial charge in [-0.3, -0.25) is 9.59 Å². The molecule has 0 unspecified atom stereocenters. The first kappa shape index (κ1) is 18.0. The van der Waals surface area contributed by atoms with Crippen LogP contribution in [0, 0.1) is 5.92 Å². The minimum absolute atomic E-state index is 0.218. The Kier molecular flexibility index (Phi) is 6.48. The van der Waals surface area contributed by atoms with Crippen LogP contribution in [0.2, 0.25) is 0 Å². The van der Waals surface area contributed by atoms with Crippen molar-refractivity contribution >= 4 is 11.8 Å². The Bertz CT molecular complexity index is 567. The van der Waals surface area contributed by atoms with Gasteiger partial charge in [-0.15, -0.1) is 0 Å². The fourth-order valence-corrected chi connectivity index (χ4v) is 4.05. The van der Waals surface area contributed by atoms with Crippen molar-refractivity contribution < 1.29 is 9.59 Å². The lowest BCUT2D eigenvalue weighted by Crippen LogP contribution is -2.40. The van der Waals surface area contributed by atoms with Gasteiger partial charge in [0.05, 0.1) is 0 Å². The topological polar surface area (TPSA) is 40.6 Å². The summed E-state index contributed by atoms with van der Waals surface area (Å²) in [5.74, 6) is 0.781. The Hall–Kier alpha value is -1.84. The molecule has 1 aromatic carbocycles. The predicted octanol–water partition coefficient (Wildman–Crippen LogP) is 3.26. The molecule has 0 N–H and O–H groups in total. The average Bonchev–Trinajstić information content (AvgIpc) is 2.93. The maximum Gasteiger partial charge on any atom is 0.225 e. The zero-order chi connectivity index (χ0) is 17.5. The molecule has 4 nitrogen and oxygen atoms in total. The second-order valence-electron chi connectivity index (χ2n) is 7.38. The van der Waals surface area contributed by atoms with Gasteiger partial charge in [-0.1, -0.05) is 49.6 Å². The summed E-state index contributed by atoms with van der Waals surface area (Å²) in [7, 11) is 0. The molecule has 1 heterocycles. The summed E-state index contributed by atoms with van der Waals surface area (Å²) in [6, 6.07) is 10.2. The van der Waals surface area contributed by atoms with E-state index in [0.717, 1.165) is 38.8 Å². The Balaban J connectivity index is 1.47. The van der Waals surface area contributed by atoms with E-state index in [2.05, 4.69) is 12.1 Å². The minimum atomic E-state index is 0.218. The molecule has 2 fully saturated rings. The molecule has 0 radical (unpaired) electrons. The number of amides is 2. The molecule has 0 bridgehead atoms. The van der Waals surface area contributed by atoms with E-state index in [1.807, 2.05) is 28.0 Å². The molecule has 1 aliphatic carbocycles. The zero-order valence-corrected chi connectivity index (χ0v) is 15.2. The van der Waals surface area contributed by atoms with E-state index in [4.69, 9.17) is 0 Å². The normalized spacial score (nSPS) is 19.5. The van der Waals surface area contributed by atoms with Crippen molar-refractivity contribution in [3.63, 3.8) is 0 Å². The lowest BCUT2D eigenvalue weighted by Gasteiger charge is -2.28. The van der Waals surface area contributed by atoms with E-state index in [0.29, 0.717) is 25.4 Å². The lowest BCUT2D eigenvalue weighted by atomic mass is 9.88. The van der Waals surface area contributed by atoms with Gasteiger partial charge in [-0.2, -0.15) is 0 Å². The van der Waals surface area contributed by atoms with Gasteiger partial charge in [0.25, 0.3) is 0 Å². The lowest BCUT2D eigenvalue weighted by molar-refractivity contribution is -0.137. The van der Waals surface area contributed by atoms with Crippen LogP contribution in [-0.4, -0.2) is 47.8 Å². The summed E-state index contributed by atoms with van der Waals surface area (Å²) in [6.45, 7) is 2.97. The largest absolute Gasteiger partial charge is 0.341 e. The maximum atomic E-state index is 12.7. The Labute approximate surface area is 151 Å². The average molecular weight is 342 g/mol. The van der Waals surface area contributed by atoms with Crippen molar-refractivity contribution in [3.8, 4) is 0 Å². The summed E-state index contributed by atoms with van der Waals surface area (Å²) in [6.07, 6.45) is 8.00. The zero-order valence-electron chi connectivity index (χ0n) is 15.2. The molecule has 0 spiro atoms. The summed E-state index contributed by atoms with van der Waals surface area (Å²) in [5.41, 5.74) is 1.21. The number of carbonyl (C=O) groups excluding carboxylic acids is 2. The molecule has 4 heteroatoms. The van der Waals surface area contributed by atoms with E-state index in [-0.39, 0.29) is 11.8 Å². The van der Waals surface area contributed by atoms with Crippen LogP contribution in [0.3, 0.4) is 0 Å². The van der Waals surface area contributed by atoms with Gasteiger partial charge in [-0.25, -0.2) is 0 Å². The van der Waals surface area contributed by atoms with Crippen LogP contribution in [0.15, 0.2) is 30.3 Å². The van der Waals surface area contributed by atoms with Crippen molar-refractivity contribution in [1.82, 2.24) is 9.80 Å². The van der Waals surface area contributed by atoms with Crippen LogP contribution in [0.5, 0.6) is 0 Å². The quantitative estimate of drug-likeness (QED) is 0.843. The maximum absolute atomic E-state index is 12.7. The van der Waals surface area contributed by atoms with Crippen LogP contribution in [0.25, 0.3) is 0 Å². The summed E-state index contributed by atoms with van der Waals surface area (Å²) >= 11 is 0. The van der Waals surface area contributed by atoms with E-state index in [9.17, 15) is 9.59 Å². The predicted molar refractivity (Wildman–Crippen MR) is 99.1 cm³/mol. The fraction of sp³-hybridized carbons (Fsp3) is 0.619. The van der Waals surface area contributed by atoms with E-state index < -0.39 is 0 Å². The summed E-state index contributed by atoms with van der Waals surface area (Å²) in [4.78, 5) is 29.2. The van der Waals surface area contributed by atoms with Crippen molar-refractivity contribution in [1.29, 1.82) is 0 Å². The van der Waals surface area contributed by atoms with Crippen LogP contribution >= 0.6 is 0 Å². The first-order chi connectivity index (χ1) is 12.2. The first-order valence-electron chi connectivity index (χ1n) is 9.84. The molecule has 136 valence electrons.